The molecule has 0 aliphatic carbocycles. The van der Waals surface area contributed by atoms with Gasteiger partial charge in [0.15, 0.2) is 5.96 Å². The Balaban J connectivity index is 0.00000341. The van der Waals surface area contributed by atoms with Crippen molar-refractivity contribution in [1.29, 1.82) is 0 Å². The molecule has 0 saturated carbocycles. The lowest BCUT2D eigenvalue weighted by atomic mass is 10.1. The Morgan fingerprint density at radius 1 is 1.16 bits per heavy atom. The smallest absolute Gasteiger partial charge is 0.191 e. The van der Waals surface area contributed by atoms with Crippen molar-refractivity contribution in [3.05, 3.63) is 11.6 Å². The number of hydrogen-bond donors (Lipinski definition) is 3. The van der Waals surface area contributed by atoms with Gasteiger partial charge in [-0.15, -0.1) is 34.2 Å². The number of nitrogens with zero attached hydrogens (tertiary/aromatic N) is 5. The molecule has 178 valence electrons. The van der Waals surface area contributed by atoms with E-state index < -0.39 is 5.60 Å². The Hall–Kier alpha value is -0.980. The number of aliphatic hydroxyl groups is 1. The second-order valence-corrected chi connectivity index (χ2v) is 8.61. The van der Waals surface area contributed by atoms with E-state index in [2.05, 4.69) is 42.2 Å². The van der Waals surface area contributed by atoms with Crippen molar-refractivity contribution in [1.82, 2.24) is 30.3 Å². The van der Waals surface area contributed by atoms with Crippen LogP contribution in [0.3, 0.4) is 0 Å². The zero-order chi connectivity index (χ0) is 21.2. The number of rotatable bonds is 9. The van der Waals surface area contributed by atoms with E-state index in [1.807, 2.05) is 6.92 Å². The fourth-order valence-electron chi connectivity index (χ4n) is 4.07. The van der Waals surface area contributed by atoms with Gasteiger partial charge in [0.05, 0.1) is 25.4 Å². The van der Waals surface area contributed by atoms with Gasteiger partial charge in [-0.05, 0) is 33.1 Å². The van der Waals surface area contributed by atoms with Crippen molar-refractivity contribution in [2.75, 3.05) is 52.5 Å². The van der Waals surface area contributed by atoms with Crippen molar-refractivity contribution in [2.24, 2.45) is 4.99 Å². The zero-order valence-corrected chi connectivity index (χ0v) is 21.4. The van der Waals surface area contributed by atoms with E-state index in [1.54, 1.807) is 0 Å². The number of ether oxygens (including phenoxy) is 1. The molecule has 0 spiro atoms. The molecule has 31 heavy (non-hydrogen) atoms. The third-order valence-electron chi connectivity index (χ3n) is 5.65. The summed E-state index contributed by atoms with van der Waals surface area (Å²) in [7, 11) is 0. The van der Waals surface area contributed by atoms with Gasteiger partial charge < -0.3 is 25.0 Å². The molecule has 3 heterocycles. The fourth-order valence-corrected chi connectivity index (χ4v) is 4.07. The lowest BCUT2D eigenvalue weighted by Crippen LogP contribution is -2.48. The van der Waals surface area contributed by atoms with E-state index in [-0.39, 0.29) is 24.0 Å². The van der Waals surface area contributed by atoms with Crippen LogP contribution in [0.1, 0.15) is 51.2 Å². The van der Waals surface area contributed by atoms with Crippen LogP contribution >= 0.6 is 24.0 Å². The van der Waals surface area contributed by atoms with E-state index >= 15 is 0 Å². The number of aromatic nitrogens is 3. The normalized spacial score (nSPS) is 19.6. The van der Waals surface area contributed by atoms with Crippen LogP contribution in [0.4, 0.5) is 0 Å². The first kappa shape index (κ1) is 26.3. The van der Waals surface area contributed by atoms with Crippen molar-refractivity contribution in [3.8, 4) is 0 Å². The predicted molar refractivity (Wildman–Crippen MR) is 133 cm³/mol. The molecule has 1 aromatic rings. The molecule has 1 unspecified atom stereocenters. The van der Waals surface area contributed by atoms with Gasteiger partial charge in [-0.25, -0.2) is 0 Å². The first-order valence-corrected chi connectivity index (χ1v) is 11.5. The van der Waals surface area contributed by atoms with Gasteiger partial charge in [-0.1, -0.05) is 6.42 Å². The highest BCUT2D eigenvalue weighted by molar-refractivity contribution is 14.0. The quantitative estimate of drug-likeness (QED) is 0.184. The zero-order valence-electron chi connectivity index (χ0n) is 19.1. The second-order valence-electron chi connectivity index (χ2n) is 8.61. The van der Waals surface area contributed by atoms with Crippen molar-refractivity contribution >= 4 is 29.9 Å². The maximum Gasteiger partial charge on any atom is 0.191 e. The van der Waals surface area contributed by atoms with Gasteiger partial charge in [0, 0.05) is 52.1 Å². The molecule has 1 aromatic heterocycles. The van der Waals surface area contributed by atoms with E-state index in [0.717, 1.165) is 82.8 Å². The number of guanidine groups is 1. The van der Waals surface area contributed by atoms with Crippen LogP contribution in [0.2, 0.25) is 0 Å². The van der Waals surface area contributed by atoms with Gasteiger partial charge in [-0.2, -0.15) is 0 Å². The highest BCUT2D eigenvalue weighted by atomic mass is 127. The average molecular weight is 550 g/mol. The average Bonchev–Trinajstić information content (AvgIpc) is 2.95. The van der Waals surface area contributed by atoms with Crippen LogP contribution in [0.15, 0.2) is 4.99 Å². The topological polar surface area (TPSA) is 99.8 Å². The molecule has 2 aliphatic rings. The number of halogens is 1. The maximum atomic E-state index is 10.8. The number of aliphatic imine (C=N–C) groups is 1. The monoisotopic (exact) mass is 549 g/mol. The molecule has 1 saturated heterocycles. The predicted octanol–water partition coefficient (Wildman–Crippen LogP) is 1.19. The summed E-state index contributed by atoms with van der Waals surface area (Å²) in [5.74, 6) is 3.00. The van der Waals surface area contributed by atoms with E-state index in [0.29, 0.717) is 13.1 Å². The third-order valence-corrected chi connectivity index (χ3v) is 5.65. The molecule has 1 atom stereocenters. The Bertz CT molecular complexity index is 675. The van der Waals surface area contributed by atoms with Gasteiger partial charge in [-0.3, -0.25) is 9.89 Å². The van der Waals surface area contributed by atoms with E-state index in [1.165, 1.54) is 19.3 Å². The summed E-state index contributed by atoms with van der Waals surface area (Å²) in [5, 5.41) is 26.2. The molecular formula is C21H40IN7O2. The summed E-state index contributed by atoms with van der Waals surface area (Å²) in [6.07, 6.45) is 6.64. The molecule has 2 aliphatic heterocycles. The molecule has 3 N–H and O–H groups in total. The van der Waals surface area contributed by atoms with Crippen LogP contribution in [-0.2, 0) is 24.1 Å². The van der Waals surface area contributed by atoms with Crippen LogP contribution in [0.25, 0.3) is 0 Å². The second kappa shape index (κ2) is 13.5. The maximum absolute atomic E-state index is 10.8. The van der Waals surface area contributed by atoms with Crippen LogP contribution in [0, 0.1) is 0 Å². The van der Waals surface area contributed by atoms with Crippen molar-refractivity contribution in [2.45, 2.75) is 64.5 Å². The number of β-amino-alcohol motifs (C(OH)–C–C–N with tert-alkyl or cyclic N) is 1. The molecule has 0 bridgehead atoms. The standard InChI is InChI=1S/C21H39N7O2.HI/c1-3-22-20(24-16-21(2,29)17-27-12-14-30-15-13-27)23-10-7-9-19-26-25-18-8-5-4-6-11-28(18)19;/h29H,3-17H2,1-2H3,(H2,22,23,24);1H. The Kier molecular flexibility index (Phi) is 11.5. The molecule has 3 rings (SSSR count). The largest absolute Gasteiger partial charge is 0.387 e. The number of fused-ring (bicyclic) bond motifs is 1. The number of morpholine rings is 1. The lowest BCUT2D eigenvalue weighted by Gasteiger charge is -2.33. The highest BCUT2D eigenvalue weighted by Gasteiger charge is 2.25. The van der Waals surface area contributed by atoms with Crippen LogP contribution < -0.4 is 10.6 Å². The van der Waals surface area contributed by atoms with Gasteiger partial charge in [0.2, 0.25) is 0 Å². The number of nitrogens with one attached hydrogen (secondary N) is 2. The fraction of sp³-hybridized carbons (Fsp3) is 0.857. The summed E-state index contributed by atoms with van der Waals surface area (Å²) < 4.78 is 7.70. The molecule has 9 nitrogen and oxygen atoms in total. The molecule has 10 heteroatoms. The number of hydrogen-bond acceptors (Lipinski definition) is 6. The lowest BCUT2D eigenvalue weighted by molar-refractivity contribution is -0.0179. The van der Waals surface area contributed by atoms with Crippen LogP contribution in [-0.4, -0.2) is 88.8 Å². The minimum absolute atomic E-state index is 0. The highest BCUT2D eigenvalue weighted by Crippen LogP contribution is 2.15. The van der Waals surface area contributed by atoms with E-state index in [4.69, 9.17) is 4.74 Å². The molecule has 0 amide bonds. The summed E-state index contributed by atoms with van der Waals surface area (Å²) in [4.78, 5) is 6.86. The minimum atomic E-state index is -0.862. The van der Waals surface area contributed by atoms with E-state index in [9.17, 15) is 5.11 Å². The Morgan fingerprint density at radius 2 is 1.97 bits per heavy atom. The summed E-state index contributed by atoms with van der Waals surface area (Å²) in [5.41, 5.74) is -0.862. The SMILES string of the molecule is CCNC(=NCC(C)(O)CN1CCOCC1)NCCCc1nnc2n1CCCCC2.I. The number of aryl methyl sites for hydroxylation is 2. The summed E-state index contributed by atoms with van der Waals surface area (Å²) in [6, 6.07) is 0. The first-order valence-electron chi connectivity index (χ1n) is 11.5. The Labute approximate surface area is 203 Å². The molecule has 0 aromatic carbocycles. The molecule has 0 radical (unpaired) electrons. The molecule has 1 fully saturated rings. The van der Waals surface area contributed by atoms with Crippen LogP contribution in [0.5, 0.6) is 0 Å². The summed E-state index contributed by atoms with van der Waals surface area (Å²) in [6.45, 7) is 10.7. The van der Waals surface area contributed by atoms with Gasteiger partial charge in [0.25, 0.3) is 0 Å². The minimum Gasteiger partial charge on any atom is -0.387 e. The first-order chi connectivity index (χ1) is 14.6. The van der Waals surface area contributed by atoms with Crippen molar-refractivity contribution < 1.29 is 9.84 Å². The molecular weight excluding hydrogens is 509 g/mol. The summed E-state index contributed by atoms with van der Waals surface area (Å²) >= 11 is 0. The van der Waals surface area contributed by atoms with Gasteiger partial charge in [0.1, 0.15) is 11.6 Å². The van der Waals surface area contributed by atoms with Crippen molar-refractivity contribution in [3.63, 3.8) is 0 Å². The third kappa shape index (κ3) is 8.82. The van der Waals surface area contributed by atoms with Gasteiger partial charge >= 0.3 is 0 Å². The Morgan fingerprint density at radius 3 is 2.74 bits per heavy atom.